The van der Waals surface area contributed by atoms with Crippen LogP contribution in [-0.4, -0.2) is 54.9 Å². The number of carbonyl (C=O) groups is 1. The third kappa shape index (κ3) is 3.53. The normalized spacial score (nSPS) is 41.0. The molecule has 0 aromatic carbocycles. The highest BCUT2D eigenvalue weighted by Crippen LogP contribution is 2.42. The van der Waals surface area contributed by atoms with Gasteiger partial charge in [0, 0.05) is 6.42 Å². The Morgan fingerprint density at radius 2 is 1.74 bits per heavy atom. The first-order valence-corrected chi connectivity index (χ1v) is 8.23. The lowest BCUT2D eigenvalue weighted by Gasteiger charge is -2.26. The third-order valence-corrected chi connectivity index (χ3v) is 4.15. The Labute approximate surface area is 136 Å². The molecule has 0 spiro atoms. The Balaban J connectivity index is 1.73. The summed E-state index contributed by atoms with van der Waals surface area (Å²) in [6, 6.07) is 0. The van der Waals surface area contributed by atoms with Crippen molar-refractivity contribution in [2.45, 2.75) is 89.7 Å². The molecule has 3 saturated heterocycles. The number of carbonyl (C=O) groups excluding carboxylic acids is 1. The molecule has 0 N–H and O–H groups in total. The molecule has 3 heterocycles. The minimum Gasteiger partial charge on any atom is -0.433 e. The van der Waals surface area contributed by atoms with Gasteiger partial charge in [0.2, 0.25) is 6.29 Å². The summed E-state index contributed by atoms with van der Waals surface area (Å²) in [6.07, 6.45) is -1.21. The van der Waals surface area contributed by atoms with Crippen LogP contribution in [0.5, 0.6) is 0 Å². The summed E-state index contributed by atoms with van der Waals surface area (Å²) in [5.41, 5.74) is 0. The highest BCUT2D eigenvalue weighted by Gasteiger charge is 2.60. The maximum absolute atomic E-state index is 11.8. The van der Waals surface area contributed by atoms with Crippen LogP contribution in [0.2, 0.25) is 0 Å². The lowest BCUT2D eigenvalue weighted by atomic mass is 10.1. The van der Waals surface area contributed by atoms with Crippen LogP contribution >= 0.6 is 0 Å². The van der Waals surface area contributed by atoms with E-state index >= 15 is 0 Å². The molecule has 7 heteroatoms. The van der Waals surface area contributed by atoms with Gasteiger partial charge in [-0.05, 0) is 34.1 Å². The summed E-state index contributed by atoms with van der Waals surface area (Å²) >= 11 is 0. The van der Waals surface area contributed by atoms with Crippen molar-refractivity contribution in [2.24, 2.45) is 0 Å². The van der Waals surface area contributed by atoms with Gasteiger partial charge in [0.25, 0.3) is 0 Å². The largest absolute Gasteiger partial charge is 0.433 e. The van der Waals surface area contributed by atoms with Gasteiger partial charge in [0.15, 0.2) is 17.7 Å². The van der Waals surface area contributed by atoms with Crippen LogP contribution in [-0.2, 0) is 33.2 Å². The van der Waals surface area contributed by atoms with Crippen molar-refractivity contribution in [1.82, 2.24) is 0 Å². The van der Waals surface area contributed by atoms with Crippen LogP contribution in [0.4, 0.5) is 0 Å². The zero-order valence-electron chi connectivity index (χ0n) is 14.4. The Morgan fingerprint density at radius 3 is 2.35 bits per heavy atom. The van der Waals surface area contributed by atoms with Crippen molar-refractivity contribution in [3.63, 3.8) is 0 Å². The van der Waals surface area contributed by atoms with E-state index in [1.165, 1.54) is 0 Å². The third-order valence-electron chi connectivity index (χ3n) is 4.15. The molecule has 3 rings (SSSR count). The first-order chi connectivity index (χ1) is 10.7. The molecule has 0 saturated carbocycles. The summed E-state index contributed by atoms with van der Waals surface area (Å²) in [7, 11) is 0. The predicted octanol–water partition coefficient (Wildman–Crippen LogP) is 1.73. The van der Waals surface area contributed by atoms with Gasteiger partial charge in [0.05, 0.1) is 6.61 Å². The van der Waals surface area contributed by atoms with Crippen molar-refractivity contribution in [3.8, 4) is 0 Å². The van der Waals surface area contributed by atoms with E-state index in [0.29, 0.717) is 13.0 Å². The van der Waals surface area contributed by atoms with Crippen LogP contribution in [0.25, 0.3) is 0 Å². The van der Waals surface area contributed by atoms with Gasteiger partial charge in [0.1, 0.15) is 18.3 Å². The molecular formula is C16H26O7. The van der Waals surface area contributed by atoms with Crippen molar-refractivity contribution >= 4 is 5.97 Å². The van der Waals surface area contributed by atoms with E-state index < -0.39 is 30.1 Å². The number of hydrogen-bond donors (Lipinski definition) is 0. The topological polar surface area (TPSA) is 72.5 Å². The second kappa shape index (κ2) is 5.97. The van der Waals surface area contributed by atoms with Gasteiger partial charge in [-0.1, -0.05) is 6.92 Å². The summed E-state index contributed by atoms with van der Waals surface area (Å²) in [5.74, 6) is -1.70. The van der Waals surface area contributed by atoms with Gasteiger partial charge in [-0.3, -0.25) is 4.79 Å². The van der Waals surface area contributed by atoms with E-state index in [-0.39, 0.29) is 18.2 Å². The minimum absolute atomic E-state index is 0.287. The molecule has 3 aliphatic heterocycles. The molecule has 132 valence electrons. The molecule has 0 aromatic rings. The van der Waals surface area contributed by atoms with E-state index in [2.05, 4.69) is 0 Å². The average Bonchev–Trinajstić information content (AvgIpc) is 3.02. The molecule has 23 heavy (non-hydrogen) atoms. The maximum Gasteiger partial charge on any atom is 0.308 e. The maximum atomic E-state index is 11.8. The fourth-order valence-corrected chi connectivity index (χ4v) is 3.26. The molecule has 5 atom stereocenters. The molecule has 0 aromatic heterocycles. The minimum atomic E-state index is -0.780. The van der Waals surface area contributed by atoms with Crippen LogP contribution in [0, 0.1) is 0 Å². The molecule has 7 nitrogen and oxygen atoms in total. The number of fused-ring (bicyclic) bond motifs is 1. The van der Waals surface area contributed by atoms with Gasteiger partial charge < -0.3 is 28.4 Å². The highest BCUT2D eigenvalue weighted by molar-refractivity contribution is 5.69. The van der Waals surface area contributed by atoms with E-state index in [0.717, 1.165) is 6.42 Å². The zero-order chi connectivity index (χ0) is 16.8. The Hall–Kier alpha value is -0.730. The Bertz CT molecular complexity index is 461. The molecule has 0 bridgehead atoms. The van der Waals surface area contributed by atoms with Gasteiger partial charge in [-0.25, -0.2) is 0 Å². The second-order valence-corrected chi connectivity index (χ2v) is 7.14. The molecule has 3 aliphatic rings. The van der Waals surface area contributed by atoms with E-state index in [4.69, 9.17) is 28.4 Å². The van der Waals surface area contributed by atoms with Crippen LogP contribution < -0.4 is 0 Å². The summed E-state index contributed by atoms with van der Waals surface area (Å²) in [5, 5.41) is 0. The standard InChI is InChI=1S/C16H26O7/c1-6-7-10(17)19-14-13-12(22-16(4,5)23-13)11(20-14)9-8-18-15(2,3)21-9/h9,11-14H,6-8H2,1-5H3/t9?,11-,12?,13-,14+/m1/s1. The highest BCUT2D eigenvalue weighted by atomic mass is 16.8. The first-order valence-electron chi connectivity index (χ1n) is 8.23. The summed E-state index contributed by atoms with van der Waals surface area (Å²) in [6.45, 7) is 9.71. The van der Waals surface area contributed by atoms with E-state index in [1.54, 1.807) is 0 Å². The Morgan fingerprint density at radius 1 is 1.04 bits per heavy atom. The van der Waals surface area contributed by atoms with Crippen molar-refractivity contribution in [3.05, 3.63) is 0 Å². The Kier molecular flexibility index (Phi) is 4.44. The second-order valence-electron chi connectivity index (χ2n) is 7.14. The van der Waals surface area contributed by atoms with E-state index in [9.17, 15) is 4.79 Å². The van der Waals surface area contributed by atoms with Crippen LogP contribution in [0.15, 0.2) is 0 Å². The molecule has 0 amide bonds. The summed E-state index contributed by atoms with van der Waals surface area (Å²) in [4.78, 5) is 11.8. The zero-order valence-corrected chi connectivity index (χ0v) is 14.4. The molecule has 0 radical (unpaired) electrons. The number of hydrogen-bond acceptors (Lipinski definition) is 7. The van der Waals surface area contributed by atoms with Crippen LogP contribution in [0.3, 0.4) is 0 Å². The first kappa shape index (κ1) is 17.1. The monoisotopic (exact) mass is 330 g/mol. The number of esters is 1. The number of ether oxygens (including phenoxy) is 6. The predicted molar refractivity (Wildman–Crippen MR) is 78.4 cm³/mol. The smallest absolute Gasteiger partial charge is 0.308 e. The molecule has 3 fully saturated rings. The quantitative estimate of drug-likeness (QED) is 0.727. The lowest BCUT2D eigenvalue weighted by molar-refractivity contribution is -0.244. The fraction of sp³-hybridized carbons (Fsp3) is 0.938. The molecular weight excluding hydrogens is 304 g/mol. The van der Waals surface area contributed by atoms with Gasteiger partial charge in [-0.15, -0.1) is 0 Å². The molecule has 0 aliphatic carbocycles. The summed E-state index contributed by atoms with van der Waals surface area (Å²) < 4.78 is 34.7. The van der Waals surface area contributed by atoms with Crippen molar-refractivity contribution in [2.75, 3.05) is 6.61 Å². The van der Waals surface area contributed by atoms with Gasteiger partial charge >= 0.3 is 5.97 Å². The van der Waals surface area contributed by atoms with Crippen molar-refractivity contribution < 1.29 is 33.2 Å². The van der Waals surface area contributed by atoms with Crippen LogP contribution in [0.1, 0.15) is 47.5 Å². The van der Waals surface area contributed by atoms with E-state index in [1.807, 2.05) is 34.6 Å². The van der Waals surface area contributed by atoms with Gasteiger partial charge in [-0.2, -0.15) is 0 Å². The molecule has 2 unspecified atom stereocenters. The fourth-order valence-electron chi connectivity index (χ4n) is 3.26. The SMILES string of the molecule is CCCC(=O)O[C@H]1O[C@H](C2COC(C)(C)O2)C2OC(C)(C)O[C@H]21. The van der Waals surface area contributed by atoms with Crippen molar-refractivity contribution in [1.29, 1.82) is 0 Å². The average molecular weight is 330 g/mol. The lowest BCUT2D eigenvalue weighted by Crippen LogP contribution is -2.40. The number of rotatable bonds is 4.